The third kappa shape index (κ3) is 2.92. The third-order valence-electron chi connectivity index (χ3n) is 4.39. The number of Topliss-reactive ketones (excluding diaryl/α,β-unsaturated/α-hetero) is 1. The van der Waals surface area contributed by atoms with Crippen LogP contribution in [0.15, 0.2) is 54.6 Å². The van der Waals surface area contributed by atoms with E-state index in [1.807, 2.05) is 30.3 Å². The minimum Gasteiger partial charge on any atom is -0.294 e. The smallest absolute Gasteiger partial charge is 0.166 e. The van der Waals surface area contributed by atoms with Crippen LogP contribution < -0.4 is 0 Å². The molecular formula is C20H22O. The van der Waals surface area contributed by atoms with Crippen molar-refractivity contribution in [3.8, 4) is 0 Å². The van der Waals surface area contributed by atoms with E-state index < -0.39 is 0 Å². The Morgan fingerprint density at radius 3 is 2.14 bits per heavy atom. The predicted octanol–water partition coefficient (Wildman–Crippen LogP) is 4.97. The van der Waals surface area contributed by atoms with E-state index in [2.05, 4.69) is 45.0 Å². The number of ketones is 1. The Kier molecular flexibility index (Phi) is 3.44. The first-order valence-corrected chi connectivity index (χ1v) is 7.66. The van der Waals surface area contributed by atoms with E-state index in [1.165, 1.54) is 11.1 Å². The van der Waals surface area contributed by atoms with Gasteiger partial charge in [0, 0.05) is 11.5 Å². The molecule has 2 atom stereocenters. The monoisotopic (exact) mass is 278 g/mol. The van der Waals surface area contributed by atoms with Crippen LogP contribution in [0.2, 0.25) is 0 Å². The Bertz CT molecular complexity index is 632. The lowest BCUT2D eigenvalue weighted by molar-refractivity contribution is 0.0965. The molecule has 1 aliphatic rings. The SMILES string of the molecule is CC(C)(C)c1ccc([C@@H]2C[C@H]2C(=O)c2ccccc2)cc1. The van der Waals surface area contributed by atoms with Gasteiger partial charge in [-0.1, -0.05) is 75.4 Å². The summed E-state index contributed by atoms with van der Waals surface area (Å²) in [6.07, 6.45) is 0.989. The van der Waals surface area contributed by atoms with Crippen molar-refractivity contribution in [1.82, 2.24) is 0 Å². The minimum absolute atomic E-state index is 0.174. The first kappa shape index (κ1) is 14.1. The van der Waals surface area contributed by atoms with E-state index in [0.29, 0.717) is 11.7 Å². The van der Waals surface area contributed by atoms with E-state index in [1.54, 1.807) is 0 Å². The predicted molar refractivity (Wildman–Crippen MR) is 86.8 cm³/mol. The van der Waals surface area contributed by atoms with Gasteiger partial charge in [-0.25, -0.2) is 0 Å². The first-order valence-electron chi connectivity index (χ1n) is 7.66. The summed E-state index contributed by atoms with van der Waals surface area (Å²) >= 11 is 0. The van der Waals surface area contributed by atoms with Crippen LogP contribution in [-0.2, 0) is 5.41 Å². The van der Waals surface area contributed by atoms with Crippen molar-refractivity contribution in [1.29, 1.82) is 0 Å². The molecule has 0 spiro atoms. The molecule has 0 aromatic heterocycles. The standard InChI is InChI=1S/C20H22O/c1-20(2,3)16-11-9-14(10-12-16)17-13-18(17)19(21)15-7-5-4-6-8-15/h4-12,17-18H,13H2,1-3H3/t17-,18+/m0/s1. The molecule has 1 aliphatic carbocycles. The van der Waals surface area contributed by atoms with Crippen LogP contribution >= 0.6 is 0 Å². The zero-order valence-corrected chi connectivity index (χ0v) is 13.0. The average molecular weight is 278 g/mol. The fourth-order valence-electron chi connectivity index (χ4n) is 2.90. The van der Waals surface area contributed by atoms with Crippen LogP contribution in [0.3, 0.4) is 0 Å². The van der Waals surface area contributed by atoms with Gasteiger partial charge in [0.05, 0.1) is 0 Å². The summed E-state index contributed by atoms with van der Waals surface area (Å²) in [6.45, 7) is 6.67. The van der Waals surface area contributed by atoms with Gasteiger partial charge in [-0.2, -0.15) is 0 Å². The summed E-state index contributed by atoms with van der Waals surface area (Å²) in [5.41, 5.74) is 3.67. The molecule has 2 aromatic rings. The number of carbonyl (C=O) groups is 1. The van der Waals surface area contributed by atoms with Crippen LogP contribution in [0.25, 0.3) is 0 Å². The molecule has 0 N–H and O–H groups in total. The van der Waals surface area contributed by atoms with Gasteiger partial charge in [0.2, 0.25) is 0 Å². The lowest BCUT2D eigenvalue weighted by Gasteiger charge is -2.19. The van der Waals surface area contributed by atoms with Gasteiger partial charge >= 0.3 is 0 Å². The fraction of sp³-hybridized carbons (Fsp3) is 0.350. The van der Waals surface area contributed by atoms with Crippen molar-refractivity contribution >= 4 is 5.78 Å². The summed E-state index contributed by atoms with van der Waals surface area (Å²) in [5.74, 6) is 0.875. The van der Waals surface area contributed by atoms with E-state index in [4.69, 9.17) is 0 Å². The van der Waals surface area contributed by atoms with Gasteiger partial charge in [-0.3, -0.25) is 4.79 Å². The molecule has 1 heteroatoms. The number of carbonyl (C=O) groups excluding carboxylic acids is 1. The van der Waals surface area contributed by atoms with Gasteiger partial charge in [0.1, 0.15) is 0 Å². The molecule has 0 bridgehead atoms. The molecule has 0 unspecified atom stereocenters. The lowest BCUT2D eigenvalue weighted by Crippen LogP contribution is -2.10. The van der Waals surface area contributed by atoms with Crippen molar-refractivity contribution in [2.24, 2.45) is 5.92 Å². The molecule has 1 nitrogen and oxygen atoms in total. The average Bonchev–Trinajstić information content (AvgIpc) is 3.27. The zero-order chi connectivity index (χ0) is 15.0. The van der Waals surface area contributed by atoms with E-state index in [0.717, 1.165) is 12.0 Å². The molecule has 1 saturated carbocycles. The lowest BCUT2D eigenvalue weighted by atomic mass is 9.86. The second-order valence-electron chi connectivity index (χ2n) is 7.05. The molecule has 0 aliphatic heterocycles. The van der Waals surface area contributed by atoms with Crippen LogP contribution in [-0.4, -0.2) is 5.78 Å². The van der Waals surface area contributed by atoms with Crippen molar-refractivity contribution in [3.63, 3.8) is 0 Å². The molecule has 1 fully saturated rings. The highest BCUT2D eigenvalue weighted by Gasteiger charge is 2.43. The highest BCUT2D eigenvalue weighted by atomic mass is 16.1. The quantitative estimate of drug-likeness (QED) is 0.724. The zero-order valence-electron chi connectivity index (χ0n) is 13.0. The highest BCUT2D eigenvalue weighted by Crippen LogP contribution is 2.49. The summed E-state index contributed by atoms with van der Waals surface area (Å²) in [6, 6.07) is 18.5. The van der Waals surface area contributed by atoms with Crippen LogP contribution in [0, 0.1) is 5.92 Å². The van der Waals surface area contributed by atoms with Gasteiger partial charge < -0.3 is 0 Å². The van der Waals surface area contributed by atoms with Crippen molar-refractivity contribution in [3.05, 3.63) is 71.3 Å². The van der Waals surface area contributed by atoms with Crippen molar-refractivity contribution < 1.29 is 4.79 Å². The molecule has 2 aromatic carbocycles. The minimum atomic E-state index is 0.174. The molecule has 0 amide bonds. The summed E-state index contributed by atoms with van der Waals surface area (Å²) in [4.78, 5) is 12.4. The first-order chi connectivity index (χ1) is 9.97. The molecule has 108 valence electrons. The van der Waals surface area contributed by atoms with Crippen LogP contribution in [0.4, 0.5) is 0 Å². The molecule has 3 rings (SSSR count). The molecule has 21 heavy (non-hydrogen) atoms. The number of hydrogen-bond acceptors (Lipinski definition) is 1. The Morgan fingerprint density at radius 1 is 0.952 bits per heavy atom. The maximum absolute atomic E-state index is 12.4. The highest BCUT2D eigenvalue weighted by molar-refractivity contribution is 6.00. The van der Waals surface area contributed by atoms with Gasteiger partial charge in [0.15, 0.2) is 5.78 Å². The van der Waals surface area contributed by atoms with Gasteiger partial charge in [-0.05, 0) is 28.9 Å². The summed E-state index contributed by atoms with van der Waals surface area (Å²) in [5, 5.41) is 0. The van der Waals surface area contributed by atoms with Crippen molar-refractivity contribution in [2.75, 3.05) is 0 Å². The fourth-order valence-corrected chi connectivity index (χ4v) is 2.90. The van der Waals surface area contributed by atoms with Crippen molar-refractivity contribution in [2.45, 2.75) is 38.5 Å². The molecule has 0 saturated heterocycles. The van der Waals surface area contributed by atoms with Crippen LogP contribution in [0.1, 0.15) is 54.6 Å². The van der Waals surface area contributed by atoms with E-state index >= 15 is 0 Å². The summed E-state index contributed by atoms with van der Waals surface area (Å²) < 4.78 is 0. The second kappa shape index (κ2) is 5.14. The second-order valence-corrected chi connectivity index (χ2v) is 7.05. The third-order valence-corrected chi connectivity index (χ3v) is 4.39. The maximum Gasteiger partial charge on any atom is 0.166 e. The number of hydrogen-bond donors (Lipinski definition) is 0. The number of benzene rings is 2. The molecular weight excluding hydrogens is 256 g/mol. The molecule has 0 radical (unpaired) electrons. The maximum atomic E-state index is 12.4. The Balaban J connectivity index is 1.72. The Hall–Kier alpha value is -1.89. The van der Waals surface area contributed by atoms with Gasteiger partial charge in [-0.15, -0.1) is 0 Å². The van der Waals surface area contributed by atoms with E-state index in [9.17, 15) is 4.79 Å². The summed E-state index contributed by atoms with van der Waals surface area (Å²) in [7, 11) is 0. The van der Waals surface area contributed by atoms with E-state index in [-0.39, 0.29) is 11.3 Å². The van der Waals surface area contributed by atoms with Crippen LogP contribution in [0.5, 0.6) is 0 Å². The van der Waals surface area contributed by atoms with Gasteiger partial charge in [0.25, 0.3) is 0 Å². The topological polar surface area (TPSA) is 17.1 Å². The molecule has 0 heterocycles. The number of rotatable bonds is 3. The Labute approximate surface area is 127 Å². The normalized spacial score (nSPS) is 21.1. The Morgan fingerprint density at radius 2 is 1.57 bits per heavy atom. The largest absolute Gasteiger partial charge is 0.294 e.